The van der Waals surface area contributed by atoms with Gasteiger partial charge < -0.3 is 10.2 Å². The Morgan fingerprint density at radius 2 is 1.72 bits per heavy atom. The number of amides is 2. The summed E-state index contributed by atoms with van der Waals surface area (Å²) in [5.41, 5.74) is 2.20. The Labute approximate surface area is 160 Å². The molecule has 0 aromatic heterocycles. The van der Waals surface area contributed by atoms with E-state index in [0.29, 0.717) is 17.3 Å². The quantitative estimate of drug-likeness (QED) is 0.797. The van der Waals surface area contributed by atoms with Crippen molar-refractivity contribution in [1.29, 1.82) is 0 Å². The molecule has 0 bridgehead atoms. The summed E-state index contributed by atoms with van der Waals surface area (Å²) in [5.74, 6) is -0.858. The Morgan fingerprint density at radius 3 is 2.32 bits per heavy atom. The zero-order valence-electron chi connectivity index (χ0n) is 13.4. The van der Waals surface area contributed by atoms with Crippen LogP contribution < -0.4 is 10.2 Å². The van der Waals surface area contributed by atoms with E-state index in [9.17, 15) is 9.59 Å². The third-order valence-corrected chi connectivity index (χ3v) is 4.91. The van der Waals surface area contributed by atoms with Gasteiger partial charge in [0.15, 0.2) is 0 Å². The smallest absolute Gasteiger partial charge is 0.229 e. The van der Waals surface area contributed by atoms with Gasteiger partial charge in [0.25, 0.3) is 0 Å². The predicted octanol–water partition coefficient (Wildman–Crippen LogP) is 4.95. The predicted molar refractivity (Wildman–Crippen MR) is 102 cm³/mol. The first-order valence-electron chi connectivity index (χ1n) is 7.67. The molecular weight excluding hydrogens is 383 g/mol. The number of anilines is 2. The van der Waals surface area contributed by atoms with E-state index in [-0.39, 0.29) is 28.3 Å². The SMILES string of the molecule is Cc1ccc(N2CC(C(=O)Nc3c(Cl)cc(Cl)cc3Cl)CC2=O)cc1. The van der Waals surface area contributed by atoms with E-state index in [1.807, 2.05) is 31.2 Å². The minimum atomic E-state index is -0.475. The molecule has 2 aromatic carbocycles. The van der Waals surface area contributed by atoms with E-state index in [1.54, 1.807) is 4.90 Å². The summed E-state index contributed by atoms with van der Waals surface area (Å²) in [6.45, 7) is 2.29. The van der Waals surface area contributed by atoms with Gasteiger partial charge in [-0.1, -0.05) is 52.5 Å². The molecule has 0 saturated carbocycles. The maximum Gasteiger partial charge on any atom is 0.229 e. The van der Waals surface area contributed by atoms with Crippen molar-refractivity contribution in [2.45, 2.75) is 13.3 Å². The molecule has 2 amide bonds. The molecule has 1 aliphatic heterocycles. The fourth-order valence-electron chi connectivity index (χ4n) is 2.74. The van der Waals surface area contributed by atoms with Crippen LogP contribution in [0.3, 0.4) is 0 Å². The van der Waals surface area contributed by atoms with Crippen molar-refractivity contribution >= 4 is 58.0 Å². The zero-order chi connectivity index (χ0) is 18.1. The second-order valence-corrected chi connectivity index (χ2v) is 7.23. The largest absolute Gasteiger partial charge is 0.323 e. The molecule has 2 aromatic rings. The first-order valence-corrected chi connectivity index (χ1v) is 8.81. The van der Waals surface area contributed by atoms with Crippen molar-refractivity contribution in [2.24, 2.45) is 5.92 Å². The number of hydrogen-bond acceptors (Lipinski definition) is 2. The third-order valence-electron chi connectivity index (χ3n) is 4.10. The molecule has 1 atom stereocenters. The second-order valence-electron chi connectivity index (χ2n) is 5.97. The Balaban J connectivity index is 1.74. The van der Waals surface area contributed by atoms with Gasteiger partial charge in [-0.25, -0.2) is 0 Å². The minimum absolute atomic E-state index is 0.0858. The van der Waals surface area contributed by atoms with E-state index >= 15 is 0 Å². The molecular formula is C18H15Cl3N2O2. The monoisotopic (exact) mass is 396 g/mol. The minimum Gasteiger partial charge on any atom is -0.323 e. The zero-order valence-corrected chi connectivity index (χ0v) is 15.6. The summed E-state index contributed by atoms with van der Waals surface area (Å²) in [4.78, 5) is 26.4. The van der Waals surface area contributed by atoms with Gasteiger partial charge >= 0.3 is 0 Å². The van der Waals surface area contributed by atoms with Gasteiger partial charge in [-0.2, -0.15) is 0 Å². The van der Waals surface area contributed by atoms with Crippen LogP contribution in [0.1, 0.15) is 12.0 Å². The lowest BCUT2D eigenvalue weighted by Gasteiger charge is -2.17. The molecule has 1 unspecified atom stereocenters. The molecule has 0 spiro atoms. The fraction of sp³-hybridized carbons (Fsp3) is 0.222. The van der Waals surface area contributed by atoms with Crippen molar-refractivity contribution in [3.8, 4) is 0 Å². The number of carbonyl (C=O) groups is 2. The Bertz CT molecular complexity index is 814. The molecule has 7 heteroatoms. The molecule has 4 nitrogen and oxygen atoms in total. The second kappa shape index (κ2) is 7.24. The van der Waals surface area contributed by atoms with Gasteiger partial charge in [0.05, 0.1) is 21.7 Å². The summed E-state index contributed by atoms with van der Waals surface area (Å²) < 4.78 is 0. The van der Waals surface area contributed by atoms with E-state index < -0.39 is 5.92 Å². The lowest BCUT2D eigenvalue weighted by Crippen LogP contribution is -2.28. The third kappa shape index (κ3) is 3.92. The maximum absolute atomic E-state index is 12.5. The highest BCUT2D eigenvalue weighted by Crippen LogP contribution is 2.34. The van der Waals surface area contributed by atoms with Crippen LogP contribution in [-0.4, -0.2) is 18.4 Å². The van der Waals surface area contributed by atoms with Crippen LogP contribution in [0.4, 0.5) is 11.4 Å². The normalized spacial score (nSPS) is 17.0. The standard InChI is InChI=1S/C18H15Cl3N2O2/c1-10-2-4-13(5-3-10)23-9-11(6-16(23)24)18(25)22-17-14(20)7-12(19)8-15(17)21/h2-5,7-8,11H,6,9H2,1H3,(H,22,25). The number of nitrogens with zero attached hydrogens (tertiary/aromatic N) is 1. The number of nitrogens with one attached hydrogen (secondary N) is 1. The van der Waals surface area contributed by atoms with Gasteiger partial charge in [-0.3, -0.25) is 9.59 Å². The van der Waals surface area contributed by atoms with Gasteiger partial charge in [0.2, 0.25) is 11.8 Å². The van der Waals surface area contributed by atoms with Gasteiger partial charge in [-0.05, 0) is 31.2 Å². The first-order chi connectivity index (χ1) is 11.8. The Morgan fingerprint density at radius 1 is 1.12 bits per heavy atom. The molecule has 1 saturated heterocycles. The Hall–Kier alpha value is -1.75. The van der Waals surface area contributed by atoms with Crippen LogP contribution in [-0.2, 0) is 9.59 Å². The summed E-state index contributed by atoms with van der Waals surface area (Å²) in [7, 11) is 0. The highest BCUT2D eigenvalue weighted by molar-refractivity contribution is 6.42. The molecule has 0 radical (unpaired) electrons. The molecule has 1 heterocycles. The molecule has 0 aliphatic carbocycles. The van der Waals surface area contributed by atoms with Gasteiger partial charge in [0.1, 0.15) is 0 Å². The van der Waals surface area contributed by atoms with E-state index in [1.165, 1.54) is 12.1 Å². The number of rotatable bonds is 3. The van der Waals surface area contributed by atoms with Crippen molar-refractivity contribution in [1.82, 2.24) is 0 Å². The maximum atomic E-state index is 12.5. The number of carbonyl (C=O) groups excluding carboxylic acids is 2. The number of halogens is 3. The van der Waals surface area contributed by atoms with Crippen molar-refractivity contribution in [3.05, 3.63) is 57.0 Å². The molecule has 130 valence electrons. The molecule has 1 N–H and O–H groups in total. The van der Waals surface area contributed by atoms with Crippen molar-refractivity contribution in [2.75, 3.05) is 16.8 Å². The van der Waals surface area contributed by atoms with E-state index in [2.05, 4.69) is 5.32 Å². The summed E-state index contributed by atoms with van der Waals surface area (Å²) >= 11 is 18.1. The van der Waals surface area contributed by atoms with Crippen LogP contribution >= 0.6 is 34.8 Å². The summed E-state index contributed by atoms with van der Waals surface area (Å²) in [6.07, 6.45) is 0.141. The average molecular weight is 398 g/mol. The molecule has 1 aliphatic rings. The van der Waals surface area contributed by atoms with Crippen LogP contribution in [0.25, 0.3) is 0 Å². The van der Waals surface area contributed by atoms with Crippen molar-refractivity contribution < 1.29 is 9.59 Å². The molecule has 25 heavy (non-hydrogen) atoms. The van der Waals surface area contributed by atoms with Gasteiger partial charge in [-0.15, -0.1) is 0 Å². The highest BCUT2D eigenvalue weighted by atomic mass is 35.5. The summed E-state index contributed by atoms with van der Waals surface area (Å²) in [5, 5.41) is 3.60. The molecule has 1 fully saturated rings. The van der Waals surface area contributed by atoms with Crippen LogP contribution in [0, 0.1) is 12.8 Å². The van der Waals surface area contributed by atoms with Crippen LogP contribution in [0.5, 0.6) is 0 Å². The lowest BCUT2D eigenvalue weighted by atomic mass is 10.1. The van der Waals surface area contributed by atoms with E-state index in [4.69, 9.17) is 34.8 Å². The Kier molecular flexibility index (Phi) is 5.23. The number of hydrogen-bond donors (Lipinski definition) is 1. The lowest BCUT2D eigenvalue weighted by molar-refractivity contribution is -0.122. The number of aryl methyl sites for hydroxylation is 1. The van der Waals surface area contributed by atoms with Crippen molar-refractivity contribution in [3.63, 3.8) is 0 Å². The molecule has 3 rings (SSSR count). The highest BCUT2D eigenvalue weighted by Gasteiger charge is 2.35. The first kappa shape index (κ1) is 18.1. The van der Waals surface area contributed by atoms with Crippen LogP contribution in [0.2, 0.25) is 15.1 Å². The summed E-state index contributed by atoms with van der Waals surface area (Å²) in [6, 6.07) is 10.6. The van der Waals surface area contributed by atoms with E-state index in [0.717, 1.165) is 11.3 Å². The topological polar surface area (TPSA) is 49.4 Å². The fourth-order valence-corrected chi connectivity index (χ4v) is 3.66. The van der Waals surface area contributed by atoms with Gasteiger partial charge in [0, 0.05) is 23.7 Å². The van der Waals surface area contributed by atoms with Crippen LogP contribution in [0.15, 0.2) is 36.4 Å². The average Bonchev–Trinajstić information content (AvgIpc) is 2.93. The number of benzene rings is 2.